The first-order chi connectivity index (χ1) is 12.1. The van der Waals surface area contributed by atoms with Gasteiger partial charge in [0.2, 0.25) is 11.9 Å². The molecule has 0 saturated heterocycles. The highest BCUT2D eigenvalue weighted by Gasteiger charge is 2.08. The van der Waals surface area contributed by atoms with Crippen LogP contribution in [0.4, 0.5) is 17.6 Å². The zero-order valence-corrected chi connectivity index (χ0v) is 15.0. The summed E-state index contributed by atoms with van der Waals surface area (Å²) < 4.78 is 5.19. The van der Waals surface area contributed by atoms with Gasteiger partial charge in [-0.15, -0.1) is 11.8 Å². The third-order valence-electron chi connectivity index (χ3n) is 3.50. The van der Waals surface area contributed by atoms with E-state index in [9.17, 15) is 0 Å². The Balaban J connectivity index is 1.67. The lowest BCUT2D eigenvalue weighted by molar-refractivity contribution is 0.391. The molecule has 25 heavy (non-hydrogen) atoms. The molecule has 0 unspecified atom stereocenters. The van der Waals surface area contributed by atoms with Crippen molar-refractivity contribution < 1.29 is 4.52 Å². The Morgan fingerprint density at radius 2 is 2.00 bits per heavy atom. The lowest BCUT2D eigenvalue weighted by atomic mass is 10.1. The molecule has 0 aliphatic carbocycles. The molecule has 2 aromatic heterocycles. The highest BCUT2D eigenvalue weighted by Crippen LogP contribution is 2.21. The number of aryl methyl sites for hydroxylation is 2. The Kier molecular flexibility index (Phi) is 5.49. The summed E-state index contributed by atoms with van der Waals surface area (Å²) in [6.07, 6.45) is 0.920. The number of nitrogens with one attached hydrogen (secondary N) is 1. The van der Waals surface area contributed by atoms with E-state index in [-0.39, 0.29) is 5.95 Å². The predicted molar refractivity (Wildman–Crippen MR) is 99.6 cm³/mol. The van der Waals surface area contributed by atoms with Crippen LogP contribution in [0, 0.1) is 6.92 Å². The number of para-hydroxylation sites is 1. The van der Waals surface area contributed by atoms with E-state index in [0.29, 0.717) is 23.3 Å². The maximum atomic E-state index is 5.83. The van der Waals surface area contributed by atoms with Gasteiger partial charge in [-0.2, -0.15) is 15.0 Å². The molecule has 3 N–H and O–H groups in total. The van der Waals surface area contributed by atoms with Crippen molar-refractivity contribution >= 4 is 29.3 Å². The minimum absolute atomic E-state index is 0.206. The third kappa shape index (κ3) is 4.69. The maximum absolute atomic E-state index is 5.83. The Morgan fingerprint density at radius 3 is 2.76 bits per heavy atom. The summed E-state index contributed by atoms with van der Waals surface area (Å²) in [7, 11) is 0. The summed E-state index contributed by atoms with van der Waals surface area (Å²) in [4.78, 5) is 12.8. The molecular formula is C17H20N6OS. The minimum Gasteiger partial charge on any atom is -0.368 e. The van der Waals surface area contributed by atoms with Crippen molar-refractivity contribution in [3.63, 3.8) is 0 Å². The molecule has 1 aromatic carbocycles. The molecule has 8 heteroatoms. The second-order valence-electron chi connectivity index (χ2n) is 5.50. The molecule has 0 atom stereocenters. The van der Waals surface area contributed by atoms with E-state index in [0.717, 1.165) is 23.6 Å². The second-order valence-corrected chi connectivity index (χ2v) is 6.48. The predicted octanol–water partition coefficient (Wildman–Crippen LogP) is 3.49. The van der Waals surface area contributed by atoms with E-state index in [1.54, 1.807) is 11.8 Å². The van der Waals surface area contributed by atoms with Crippen LogP contribution in [-0.4, -0.2) is 20.1 Å². The monoisotopic (exact) mass is 356 g/mol. The number of anilines is 3. The molecule has 130 valence electrons. The number of rotatable bonds is 7. The second kappa shape index (κ2) is 7.98. The highest BCUT2D eigenvalue weighted by atomic mass is 32.2. The van der Waals surface area contributed by atoms with Crippen LogP contribution in [0.5, 0.6) is 0 Å². The van der Waals surface area contributed by atoms with Crippen LogP contribution >= 0.6 is 11.8 Å². The van der Waals surface area contributed by atoms with E-state index in [2.05, 4.69) is 38.4 Å². The van der Waals surface area contributed by atoms with Gasteiger partial charge in [-0.1, -0.05) is 30.3 Å². The fourth-order valence-corrected chi connectivity index (χ4v) is 3.11. The zero-order valence-electron chi connectivity index (χ0n) is 14.2. The van der Waals surface area contributed by atoms with Gasteiger partial charge in [0.05, 0.1) is 17.2 Å². The normalized spacial score (nSPS) is 10.8. The number of hydrogen-bond donors (Lipinski definition) is 2. The molecule has 0 amide bonds. The largest absolute Gasteiger partial charge is 0.368 e. The quantitative estimate of drug-likeness (QED) is 0.663. The summed E-state index contributed by atoms with van der Waals surface area (Å²) >= 11 is 1.63. The first-order valence-electron chi connectivity index (χ1n) is 7.99. The first-order valence-corrected chi connectivity index (χ1v) is 9.15. The summed E-state index contributed by atoms with van der Waals surface area (Å²) in [5, 5.41) is 7.11. The maximum Gasteiger partial charge on any atom is 0.232 e. The Bertz CT molecular complexity index is 851. The number of nitrogens with zero attached hydrogens (tertiary/aromatic N) is 4. The highest BCUT2D eigenvalue weighted by molar-refractivity contribution is 7.97. The van der Waals surface area contributed by atoms with E-state index in [1.165, 1.54) is 5.56 Å². The summed E-state index contributed by atoms with van der Waals surface area (Å²) in [5.74, 6) is 3.44. The number of benzene rings is 1. The molecule has 2 heterocycles. The van der Waals surface area contributed by atoms with Crippen molar-refractivity contribution in [2.24, 2.45) is 0 Å². The summed E-state index contributed by atoms with van der Waals surface area (Å²) in [5.41, 5.74) is 8.88. The molecule has 3 aromatic rings. The van der Waals surface area contributed by atoms with Crippen LogP contribution in [0.1, 0.15) is 29.8 Å². The van der Waals surface area contributed by atoms with Crippen molar-refractivity contribution in [1.82, 2.24) is 20.1 Å². The summed E-state index contributed by atoms with van der Waals surface area (Å²) in [6, 6.07) is 9.98. The SMILES string of the molecule is CCc1ccccc1Nc1nc(N)nc(CSCc2cc(C)no2)n1. The molecule has 0 aliphatic rings. The molecule has 0 saturated carbocycles. The van der Waals surface area contributed by atoms with Crippen molar-refractivity contribution in [3.05, 3.63) is 53.2 Å². The van der Waals surface area contributed by atoms with Crippen molar-refractivity contribution in [2.75, 3.05) is 11.1 Å². The molecule has 0 aliphatic heterocycles. The van der Waals surface area contributed by atoms with Crippen LogP contribution in [0.3, 0.4) is 0 Å². The molecule has 7 nitrogen and oxygen atoms in total. The fourth-order valence-electron chi connectivity index (χ4n) is 2.36. The molecule has 0 bridgehead atoms. The number of aromatic nitrogens is 4. The standard InChI is InChI=1S/C17H20N6OS/c1-3-12-6-4-5-7-14(12)19-17-21-15(20-16(18)22-17)10-25-9-13-8-11(2)23-24-13/h4-8H,3,9-10H2,1-2H3,(H3,18,19,20,21,22). The minimum atomic E-state index is 0.206. The first kappa shape index (κ1) is 17.2. The Morgan fingerprint density at radius 1 is 1.16 bits per heavy atom. The third-order valence-corrected chi connectivity index (χ3v) is 4.45. The van der Waals surface area contributed by atoms with Crippen LogP contribution in [0.15, 0.2) is 34.9 Å². The van der Waals surface area contributed by atoms with Gasteiger partial charge < -0.3 is 15.6 Å². The van der Waals surface area contributed by atoms with Crippen molar-refractivity contribution in [3.8, 4) is 0 Å². The van der Waals surface area contributed by atoms with Crippen LogP contribution < -0.4 is 11.1 Å². The number of hydrogen-bond acceptors (Lipinski definition) is 8. The zero-order chi connectivity index (χ0) is 17.6. The van der Waals surface area contributed by atoms with Gasteiger partial charge in [-0.25, -0.2) is 0 Å². The smallest absolute Gasteiger partial charge is 0.232 e. The van der Waals surface area contributed by atoms with Crippen LogP contribution in [0.2, 0.25) is 0 Å². The average molecular weight is 356 g/mol. The van der Waals surface area contributed by atoms with Gasteiger partial charge >= 0.3 is 0 Å². The molecule has 3 rings (SSSR count). The Labute approximate surface area is 150 Å². The van der Waals surface area contributed by atoms with E-state index >= 15 is 0 Å². The van der Waals surface area contributed by atoms with E-state index in [4.69, 9.17) is 10.3 Å². The lowest BCUT2D eigenvalue weighted by Gasteiger charge is -2.10. The van der Waals surface area contributed by atoms with E-state index in [1.807, 2.05) is 31.2 Å². The number of thioether (sulfide) groups is 1. The van der Waals surface area contributed by atoms with Crippen molar-refractivity contribution in [2.45, 2.75) is 31.8 Å². The topological polar surface area (TPSA) is 103 Å². The van der Waals surface area contributed by atoms with Gasteiger partial charge in [-0.3, -0.25) is 0 Å². The molecular weight excluding hydrogens is 336 g/mol. The number of nitrogens with two attached hydrogens (primary N) is 1. The van der Waals surface area contributed by atoms with Gasteiger partial charge in [-0.05, 0) is 25.0 Å². The number of nitrogen functional groups attached to an aromatic ring is 1. The van der Waals surface area contributed by atoms with Crippen LogP contribution in [0.25, 0.3) is 0 Å². The molecule has 0 radical (unpaired) electrons. The summed E-state index contributed by atoms with van der Waals surface area (Å²) in [6.45, 7) is 4.01. The Hall–Kier alpha value is -2.61. The van der Waals surface area contributed by atoms with Crippen molar-refractivity contribution in [1.29, 1.82) is 0 Å². The van der Waals surface area contributed by atoms with Gasteiger partial charge in [0.25, 0.3) is 0 Å². The van der Waals surface area contributed by atoms with Crippen LogP contribution in [-0.2, 0) is 17.9 Å². The lowest BCUT2D eigenvalue weighted by Crippen LogP contribution is -2.07. The van der Waals surface area contributed by atoms with E-state index < -0.39 is 0 Å². The van der Waals surface area contributed by atoms with Gasteiger partial charge in [0.15, 0.2) is 0 Å². The average Bonchev–Trinajstić information content (AvgIpc) is 3.00. The van der Waals surface area contributed by atoms with Gasteiger partial charge in [0.1, 0.15) is 11.6 Å². The fraction of sp³-hybridized carbons (Fsp3) is 0.294. The van der Waals surface area contributed by atoms with Gasteiger partial charge in [0, 0.05) is 11.8 Å². The molecule has 0 fully saturated rings. The molecule has 0 spiro atoms.